The summed E-state index contributed by atoms with van der Waals surface area (Å²) >= 11 is 0. The molecule has 9 nitrogen and oxygen atoms in total. The van der Waals surface area contributed by atoms with Gasteiger partial charge in [0, 0.05) is 6.42 Å². The number of hydrogen-bond donors (Lipinski definition) is 6. The highest BCUT2D eigenvalue weighted by Crippen LogP contribution is 2.22. The summed E-state index contributed by atoms with van der Waals surface area (Å²) in [5, 5.41) is 53.7. The van der Waals surface area contributed by atoms with Crippen molar-refractivity contribution in [2.75, 3.05) is 13.2 Å². The van der Waals surface area contributed by atoms with Crippen molar-refractivity contribution < 1.29 is 39.8 Å². The number of hydrogen-bond acceptors (Lipinski definition) is 8. The number of aliphatic hydroxyl groups is 5. The molecular formula is C37H67NO8. The van der Waals surface area contributed by atoms with Crippen LogP contribution >= 0.6 is 0 Å². The van der Waals surface area contributed by atoms with Gasteiger partial charge in [0.2, 0.25) is 5.91 Å². The molecule has 7 unspecified atom stereocenters. The highest BCUT2D eigenvalue weighted by molar-refractivity contribution is 5.76. The molecule has 7 atom stereocenters. The maximum atomic E-state index is 12.8. The Morgan fingerprint density at radius 2 is 1.26 bits per heavy atom. The summed E-state index contributed by atoms with van der Waals surface area (Å²) in [6.07, 6.45) is 24.8. The maximum absolute atomic E-state index is 12.8. The van der Waals surface area contributed by atoms with Crippen LogP contribution in [0.1, 0.15) is 136 Å². The van der Waals surface area contributed by atoms with Crippen LogP contribution in [0.3, 0.4) is 0 Å². The average molecular weight is 654 g/mol. The van der Waals surface area contributed by atoms with E-state index in [0.29, 0.717) is 6.42 Å². The molecule has 1 aliphatic rings. The van der Waals surface area contributed by atoms with Crippen molar-refractivity contribution in [1.82, 2.24) is 5.32 Å². The van der Waals surface area contributed by atoms with Gasteiger partial charge >= 0.3 is 0 Å². The molecule has 1 fully saturated rings. The van der Waals surface area contributed by atoms with Crippen LogP contribution in [-0.4, -0.2) is 87.5 Å². The zero-order valence-corrected chi connectivity index (χ0v) is 28.8. The Kier molecular flexibility index (Phi) is 26.2. The lowest BCUT2D eigenvalue weighted by Crippen LogP contribution is -2.60. The predicted molar refractivity (Wildman–Crippen MR) is 184 cm³/mol. The molecule has 1 heterocycles. The van der Waals surface area contributed by atoms with E-state index in [1.54, 1.807) is 6.08 Å². The van der Waals surface area contributed by atoms with Crippen molar-refractivity contribution in [2.24, 2.45) is 0 Å². The molecule has 1 amide bonds. The van der Waals surface area contributed by atoms with E-state index in [0.717, 1.165) is 57.8 Å². The van der Waals surface area contributed by atoms with Gasteiger partial charge in [0.1, 0.15) is 24.4 Å². The molecule has 0 aromatic rings. The Bertz CT molecular complexity index is 817. The van der Waals surface area contributed by atoms with E-state index in [2.05, 4.69) is 43.5 Å². The highest BCUT2D eigenvalue weighted by Gasteiger charge is 2.44. The summed E-state index contributed by atoms with van der Waals surface area (Å²) < 4.78 is 11.1. The minimum Gasteiger partial charge on any atom is -0.394 e. The summed E-state index contributed by atoms with van der Waals surface area (Å²) in [7, 11) is 0. The third kappa shape index (κ3) is 19.9. The molecule has 1 aliphatic heterocycles. The van der Waals surface area contributed by atoms with Crippen molar-refractivity contribution in [3.63, 3.8) is 0 Å². The second kappa shape index (κ2) is 28.4. The predicted octanol–water partition coefficient (Wildman–Crippen LogP) is 5.77. The standard InChI is InChI=1S/C37H67NO8/c1-3-5-7-9-11-13-15-16-17-18-20-22-24-26-31(40)30(29-45-37-36(44)35(43)34(42)32(28-39)46-37)38-33(41)27-25-23-21-19-14-12-10-8-6-4-2/h10,12,17-18,24,26,30-32,34-37,39-40,42-44H,3-9,11,13-16,19-23,25,27-29H2,1-2H3,(H,38,41)/b12-10-,18-17+,26-24+. The van der Waals surface area contributed by atoms with Crippen LogP contribution in [0.25, 0.3) is 0 Å². The van der Waals surface area contributed by atoms with Gasteiger partial charge in [-0.25, -0.2) is 0 Å². The van der Waals surface area contributed by atoms with E-state index in [1.807, 2.05) is 6.08 Å². The lowest BCUT2D eigenvalue weighted by Gasteiger charge is -2.40. The Labute approximate surface area is 279 Å². The third-order valence-corrected chi connectivity index (χ3v) is 8.44. The number of rotatable bonds is 28. The van der Waals surface area contributed by atoms with Crippen molar-refractivity contribution in [2.45, 2.75) is 179 Å². The van der Waals surface area contributed by atoms with Gasteiger partial charge in [-0.1, -0.05) is 115 Å². The molecule has 0 spiro atoms. The molecule has 46 heavy (non-hydrogen) atoms. The molecule has 9 heteroatoms. The molecule has 0 radical (unpaired) electrons. The average Bonchev–Trinajstić information content (AvgIpc) is 3.05. The lowest BCUT2D eigenvalue weighted by molar-refractivity contribution is -0.302. The summed E-state index contributed by atoms with van der Waals surface area (Å²) in [6.45, 7) is 3.65. The summed E-state index contributed by atoms with van der Waals surface area (Å²) in [5.74, 6) is -0.206. The van der Waals surface area contributed by atoms with Gasteiger partial charge in [-0.05, 0) is 51.4 Å². The van der Waals surface area contributed by atoms with Gasteiger partial charge in [0.15, 0.2) is 6.29 Å². The maximum Gasteiger partial charge on any atom is 0.220 e. The quantitative estimate of drug-likeness (QED) is 0.0461. The fourth-order valence-electron chi connectivity index (χ4n) is 5.38. The number of carbonyl (C=O) groups excluding carboxylic acids is 1. The van der Waals surface area contributed by atoms with Gasteiger partial charge in [-0.2, -0.15) is 0 Å². The molecule has 268 valence electrons. The summed E-state index contributed by atoms with van der Waals surface area (Å²) in [6, 6.07) is -0.822. The van der Waals surface area contributed by atoms with Crippen molar-refractivity contribution in [3.8, 4) is 0 Å². The minimum absolute atomic E-state index is 0.206. The zero-order chi connectivity index (χ0) is 33.8. The van der Waals surface area contributed by atoms with E-state index in [1.165, 1.54) is 57.8 Å². The molecular weight excluding hydrogens is 586 g/mol. The van der Waals surface area contributed by atoms with Gasteiger partial charge < -0.3 is 40.3 Å². The van der Waals surface area contributed by atoms with E-state index in [9.17, 15) is 30.3 Å². The van der Waals surface area contributed by atoms with Crippen LogP contribution in [0.2, 0.25) is 0 Å². The first-order chi connectivity index (χ1) is 22.3. The SMILES string of the molecule is CCCC/C=C\CCCCCCC(=O)NC(COC1OC(CO)C(O)C(O)C1O)C(O)/C=C/CC/C=C/CCCCCCCCC. The number of carbonyl (C=O) groups is 1. The molecule has 0 aromatic heterocycles. The van der Waals surface area contributed by atoms with Crippen LogP contribution in [0.4, 0.5) is 0 Å². The largest absolute Gasteiger partial charge is 0.394 e. The molecule has 1 rings (SSSR count). The first kappa shape index (κ1) is 42.4. The molecule has 1 saturated heterocycles. The number of aliphatic hydroxyl groups excluding tert-OH is 5. The van der Waals surface area contributed by atoms with Gasteiger partial charge in [-0.15, -0.1) is 0 Å². The minimum atomic E-state index is -1.57. The first-order valence-corrected chi connectivity index (χ1v) is 18.2. The van der Waals surface area contributed by atoms with Crippen LogP contribution in [0.5, 0.6) is 0 Å². The number of ether oxygens (including phenoxy) is 2. The molecule has 0 bridgehead atoms. The van der Waals surface area contributed by atoms with Crippen molar-refractivity contribution in [1.29, 1.82) is 0 Å². The number of amides is 1. The molecule has 0 aliphatic carbocycles. The Morgan fingerprint density at radius 3 is 1.89 bits per heavy atom. The van der Waals surface area contributed by atoms with Crippen LogP contribution in [0, 0.1) is 0 Å². The normalized spacial score (nSPS) is 23.5. The number of nitrogens with one attached hydrogen (secondary N) is 1. The summed E-state index contributed by atoms with van der Waals surface area (Å²) in [5.41, 5.74) is 0. The summed E-state index contributed by atoms with van der Waals surface area (Å²) in [4.78, 5) is 12.8. The van der Waals surface area contributed by atoms with E-state index >= 15 is 0 Å². The van der Waals surface area contributed by atoms with Crippen molar-refractivity contribution in [3.05, 3.63) is 36.5 Å². The van der Waals surface area contributed by atoms with Crippen molar-refractivity contribution >= 4 is 5.91 Å². The Hall–Kier alpha value is -1.59. The van der Waals surface area contributed by atoms with E-state index in [4.69, 9.17) is 9.47 Å². The number of allylic oxidation sites excluding steroid dienone is 5. The van der Waals surface area contributed by atoms with Crippen LogP contribution in [-0.2, 0) is 14.3 Å². The van der Waals surface area contributed by atoms with Gasteiger partial charge in [0.25, 0.3) is 0 Å². The van der Waals surface area contributed by atoms with E-state index < -0.39 is 49.5 Å². The highest BCUT2D eigenvalue weighted by atomic mass is 16.7. The second-order valence-electron chi connectivity index (χ2n) is 12.6. The topological polar surface area (TPSA) is 149 Å². The monoisotopic (exact) mass is 653 g/mol. The van der Waals surface area contributed by atoms with Crippen LogP contribution < -0.4 is 5.32 Å². The van der Waals surface area contributed by atoms with Crippen LogP contribution in [0.15, 0.2) is 36.5 Å². The first-order valence-electron chi connectivity index (χ1n) is 18.2. The fraction of sp³-hybridized carbons (Fsp3) is 0.811. The zero-order valence-electron chi connectivity index (χ0n) is 28.8. The smallest absolute Gasteiger partial charge is 0.220 e. The molecule has 0 saturated carbocycles. The molecule has 6 N–H and O–H groups in total. The number of unbranched alkanes of at least 4 members (excludes halogenated alkanes) is 14. The second-order valence-corrected chi connectivity index (χ2v) is 12.6. The van der Waals surface area contributed by atoms with Gasteiger partial charge in [-0.3, -0.25) is 4.79 Å². The Morgan fingerprint density at radius 1 is 0.717 bits per heavy atom. The van der Waals surface area contributed by atoms with Gasteiger partial charge in [0.05, 0.1) is 25.4 Å². The third-order valence-electron chi connectivity index (χ3n) is 8.44. The lowest BCUT2D eigenvalue weighted by atomic mass is 9.99. The molecule has 0 aromatic carbocycles. The fourth-order valence-corrected chi connectivity index (χ4v) is 5.38. The van der Waals surface area contributed by atoms with E-state index in [-0.39, 0.29) is 12.5 Å². The Balaban J connectivity index is 2.54.